The third-order valence-electron chi connectivity index (χ3n) is 3.22. The van der Waals surface area contributed by atoms with Crippen LogP contribution in [0.3, 0.4) is 0 Å². The van der Waals surface area contributed by atoms with E-state index in [-0.39, 0.29) is 17.5 Å². The van der Waals surface area contributed by atoms with Crippen LogP contribution in [0.25, 0.3) is 0 Å². The summed E-state index contributed by atoms with van der Waals surface area (Å²) in [6, 6.07) is 6.78. The van der Waals surface area contributed by atoms with Gasteiger partial charge in [-0.2, -0.15) is 0 Å². The minimum atomic E-state index is -3.65. The van der Waals surface area contributed by atoms with Crippen LogP contribution in [0, 0.1) is 0 Å². The van der Waals surface area contributed by atoms with Gasteiger partial charge in [-0.3, -0.25) is 0 Å². The van der Waals surface area contributed by atoms with Crippen molar-refractivity contribution in [2.45, 2.75) is 43.5 Å². The number of nitrogens with two attached hydrogens (primary N) is 1. The number of aliphatic hydroxyl groups is 1. The summed E-state index contributed by atoms with van der Waals surface area (Å²) in [4.78, 5) is 0.145. The molecule has 1 aromatic rings. The maximum Gasteiger partial charge on any atom is 0.238 e. The standard InChI is InChI=1S/C14H24N2O3S/c1-12(16-9-4-2-3-5-10-17)13-7-6-8-14(11-13)20(15,18)19/h6-8,11-12,16-17H,2-5,9-10H2,1H3,(H2,15,18,19). The van der Waals surface area contributed by atoms with Crippen molar-refractivity contribution in [3.63, 3.8) is 0 Å². The van der Waals surface area contributed by atoms with E-state index in [9.17, 15) is 8.42 Å². The van der Waals surface area contributed by atoms with Gasteiger partial charge in [0, 0.05) is 12.6 Å². The van der Waals surface area contributed by atoms with Gasteiger partial charge in [-0.25, -0.2) is 13.6 Å². The van der Waals surface area contributed by atoms with Crippen molar-refractivity contribution < 1.29 is 13.5 Å². The van der Waals surface area contributed by atoms with E-state index >= 15 is 0 Å². The molecule has 0 aliphatic heterocycles. The molecule has 1 unspecified atom stereocenters. The van der Waals surface area contributed by atoms with Gasteiger partial charge in [-0.1, -0.05) is 25.0 Å². The van der Waals surface area contributed by atoms with Crippen LogP contribution in [-0.2, 0) is 10.0 Å². The molecule has 0 amide bonds. The number of aliphatic hydroxyl groups excluding tert-OH is 1. The molecule has 1 atom stereocenters. The molecule has 6 heteroatoms. The van der Waals surface area contributed by atoms with Gasteiger partial charge in [-0.15, -0.1) is 0 Å². The molecule has 1 aromatic carbocycles. The fraction of sp³-hybridized carbons (Fsp3) is 0.571. The number of sulfonamides is 1. The van der Waals surface area contributed by atoms with E-state index in [1.54, 1.807) is 12.1 Å². The first kappa shape index (κ1) is 17.1. The van der Waals surface area contributed by atoms with Gasteiger partial charge >= 0.3 is 0 Å². The number of unbranched alkanes of at least 4 members (excludes halogenated alkanes) is 3. The molecule has 4 N–H and O–H groups in total. The molecule has 0 spiro atoms. The summed E-state index contributed by atoms with van der Waals surface area (Å²) in [6.45, 7) is 3.12. The minimum absolute atomic E-state index is 0.0783. The molecule has 0 heterocycles. The van der Waals surface area contributed by atoms with Crippen LogP contribution in [0.2, 0.25) is 0 Å². The molecule has 0 aliphatic carbocycles. The first-order valence-electron chi connectivity index (χ1n) is 6.92. The normalized spacial score (nSPS) is 13.3. The third-order valence-corrected chi connectivity index (χ3v) is 4.13. The molecule has 1 rings (SSSR count). The predicted octanol–water partition coefficient (Wildman–Crippen LogP) is 1.54. The average Bonchev–Trinajstić information content (AvgIpc) is 2.41. The van der Waals surface area contributed by atoms with Gasteiger partial charge in [0.25, 0.3) is 0 Å². The van der Waals surface area contributed by atoms with Crippen LogP contribution in [-0.4, -0.2) is 26.7 Å². The maximum atomic E-state index is 11.3. The van der Waals surface area contributed by atoms with Crippen molar-refractivity contribution in [2.75, 3.05) is 13.2 Å². The summed E-state index contributed by atoms with van der Waals surface area (Å²) >= 11 is 0. The molecule has 0 fully saturated rings. The van der Waals surface area contributed by atoms with Crippen LogP contribution in [0.1, 0.15) is 44.2 Å². The Labute approximate surface area is 121 Å². The Morgan fingerprint density at radius 2 is 1.95 bits per heavy atom. The maximum absolute atomic E-state index is 11.3. The Morgan fingerprint density at radius 3 is 2.60 bits per heavy atom. The number of primary sulfonamides is 1. The van der Waals surface area contributed by atoms with Gasteiger partial charge in [0.15, 0.2) is 0 Å². The van der Waals surface area contributed by atoms with Crippen molar-refractivity contribution >= 4 is 10.0 Å². The fourth-order valence-electron chi connectivity index (χ4n) is 1.99. The van der Waals surface area contributed by atoms with Gasteiger partial charge in [-0.05, 0) is 44.0 Å². The SMILES string of the molecule is CC(NCCCCCCO)c1cccc(S(N)(=O)=O)c1. The van der Waals surface area contributed by atoms with Gasteiger partial charge in [0.05, 0.1) is 4.90 Å². The lowest BCUT2D eigenvalue weighted by Crippen LogP contribution is -2.20. The molecule has 114 valence electrons. The van der Waals surface area contributed by atoms with Crippen molar-refractivity contribution in [1.29, 1.82) is 0 Å². The highest BCUT2D eigenvalue weighted by Gasteiger charge is 2.10. The Bertz CT molecular complexity index is 503. The lowest BCUT2D eigenvalue weighted by atomic mass is 10.1. The van der Waals surface area contributed by atoms with Crippen LogP contribution in [0.5, 0.6) is 0 Å². The number of benzene rings is 1. The Hall–Kier alpha value is -0.950. The highest BCUT2D eigenvalue weighted by Crippen LogP contribution is 2.16. The smallest absolute Gasteiger partial charge is 0.238 e. The zero-order valence-corrected chi connectivity index (χ0v) is 12.7. The third kappa shape index (κ3) is 6.00. The monoisotopic (exact) mass is 300 g/mol. The molecular formula is C14H24N2O3S. The van der Waals surface area contributed by atoms with Crippen molar-refractivity contribution in [1.82, 2.24) is 5.32 Å². The zero-order valence-electron chi connectivity index (χ0n) is 11.9. The van der Waals surface area contributed by atoms with Crippen LogP contribution in [0.4, 0.5) is 0 Å². The van der Waals surface area contributed by atoms with E-state index in [4.69, 9.17) is 10.2 Å². The molecule has 0 bridgehead atoms. The summed E-state index contributed by atoms with van der Waals surface area (Å²) in [6.07, 6.45) is 4.01. The summed E-state index contributed by atoms with van der Waals surface area (Å²) in [5.74, 6) is 0. The van der Waals surface area contributed by atoms with Gasteiger partial charge in [0.1, 0.15) is 0 Å². The predicted molar refractivity (Wildman–Crippen MR) is 79.8 cm³/mol. The first-order valence-corrected chi connectivity index (χ1v) is 8.47. The molecule has 5 nitrogen and oxygen atoms in total. The fourth-order valence-corrected chi connectivity index (χ4v) is 2.56. The molecule has 0 aliphatic rings. The van der Waals surface area contributed by atoms with Gasteiger partial charge in [0.2, 0.25) is 10.0 Å². The molecule has 0 saturated heterocycles. The lowest BCUT2D eigenvalue weighted by Gasteiger charge is -2.15. The molecule has 20 heavy (non-hydrogen) atoms. The van der Waals surface area contributed by atoms with E-state index in [1.807, 2.05) is 13.0 Å². The number of hydrogen-bond acceptors (Lipinski definition) is 4. The second kappa shape index (κ2) is 8.36. The van der Waals surface area contributed by atoms with E-state index < -0.39 is 10.0 Å². The molecule has 0 radical (unpaired) electrons. The van der Waals surface area contributed by atoms with Crippen LogP contribution >= 0.6 is 0 Å². The summed E-state index contributed by atoms with van der Waals surface area (Å²) in [5.41, 5.74) is 0.909. The number of hydrogen-bond donors (Lipinski definition) is 3. The molecule has 0 aromatic heterocycles. The van der Waals surface area contributed by atoms with Gasteiger partial charge < -0.3 is 10.4 Å². The first-order chi connectivity index (χ1) is 9.45. The largest absolute Gasteiger partial charge is 0.396 e. The second-order valence-electron chi connectivity index (χ2n) is 4.93. The van der Waals surface area contributed by atoms with E-state index in [2.05, 4.69) is 5.32 Å². The Morgan fingerprint density at radius 1 is 1.25 bits per heavy atom. The summed E-state index contributed by atoms with van der Waals surface area (Å²) < 4.78 is 22.6. The Kier molecular flexibility index (Phi) is 7.15. The lowest BCUT2D eigenvalue weighted by molar-refractivity contribution is 0.282. The molecule has 0 saturated carbocycles. The topological polar surface area (TPSA) is 92.4 Å². The van der Waals surface area contributed by atoms with E-state index in [1.165, 1.54) is 6.07 Å². The van der Waals surface area contributed by atoms with Crippen molar-refractivity contribution in [2.24, 2.45) is 5.14 Å². The molecular weight excluding hydrogens is 276 g/mol. The van der Waals surface area contributed by atoms with Crippen LogP contribution in [0.15, 0.2) is 29.2 Å². The van der Waals surface area contributed by atoms with Crippen molar-refractivity contribution in [3.8, 4) is 0 Å². The zero-order chi connectivity index (χ0) is 15.0. The highest BCUT2D eigenvalue weighted by atomic mass is 32.2. The van der Waals surface area contributed by atoms with Crippen molar-refractivity contribution in [3.05, 3.63) is 29.8 Å². The van der Waals surface area contributed by atoms with E-state index in [0.29, 0.717) is 0 Å². The minimum Gasteiger partial charge on any atom is -0.396 e. The average molecular weight is 300 g/mol. The van der Waals surface area contributed by atoms with E-state index in [0.717, 1.165) is 37.8 Å². The summed E-state index contributed by atoms with van der Waals surface area (Å²) in [5, 5.41) is 17.2. The number of rotatable bonds is 9. The van der Waals surface area contributed by atoms with Crippen LogP contribution < -0.4 is 10.5 Å². The number of nitrogens with one attached hydrogen (secondary N) is 1. The Balaban J connectivity index is 2.45. The second-order valence-corrected chi connectivity index (χ2v) is 6.49. The quantitative estimate of drug-likeness (QED) is 0.603. The summed E-state index contributed by atoms with van der Waals surface area (Å²) in [7, 11) is -3.65. The highest BCUT2D eigenvalue weighted by molar-refractivity contribution is 7.89.